The summed E-state index contributed by atoms with van der Waals surface area (Å²) in [6.07, 6.45) is 15.2. The molecule has 0 saturated carbocycles. The number of aliphatic hydroxyl groups excluding tert-OH is 1. The lowest BCUT2D eigenvalue weighted by molar-refractivity contribution is -0.344. The number of hydrogen-bond acceptors (Lipinski definition) is 14. The first kappa shape index (κ1) is 62.1. The number of piperidine rings is 1. The van der Waals surface area contributed by atoms with Crippen LogP contribution in [-0.2, 0) is 58.9 Å². The normalized spacial score (nSPS) is 36.9. The number of hydrazine groups is 1. The zero-order valence-electron chi connectivity index (χ0n) is 48.9. The fraction of sp³-hybridized carbons (Fsp3) is 0.661. The van der Waals surface area contributed by atoms with Crippen molar-refractivity contribution in [1.82, 2.24) is 26.4 Å². The van der Waals surface area contributed by atoms with Crippen LogP contribution in [0.5, 0.6) is 5.75 Å². The van der Waals surface area contributed by atoms with Gasteiger partial charge in [0.05, 0.1) is 30.3 Å². The Balaban J connectivity index is 1.08. The van der Waals surface area contributed by atoms with Gasteiger partial charge in [0.1, 0.15) is 41.5 Å². The van der Waals surface area contributed by atoms with E-state index in [9.17, 15) is 38.7 Å². The second kappa shape index (κ2) is 27.0. The molecule has 80 heavy (non-hydrogen) atoms. The molecule has 5 fully saturated rings. The van der Waals surface area contributed by atoms with Gasteiger partial charge in [-0.2, -0.15) is 0 Å². The molecular weight excluding hydrogens is 1020 g/mol. The summed E-state index contributed by atoms with van der Waals surface area (Å²) >= 11 is 0. The van der Waals surface area contributed by atoms with Crippen molar-refractivity contribution in [3.63, 3.8) is 0 Å². The van der Waals surface area contributed by atoms with E-state index in [0.29, 0.717) is 56.9 Å². The molecule has 0 radical (unpaired) electrons. The third-order valence-electron chi connectivity index (χ3n) is 17.7. The van der Waals surface area contributed by atoms with E-state index in [1.165, 1.54) is 11.9 Å². The van der Waals surface area contributed by atoms with E-state index in [2.05, 4.69) is 21.4 Å². The maximum Gasteiger partial charge on any atom is 0.325 e. The SMILES string of the molecule is CC[C@H]1C[C@H](C)[C@@]2(NC1=O)O[C@@H](CC(=O)[C@@H](C)CC/C=C/C=C(\C)[C@@H]1C/C=C/C=C/[C@@H]3O[C@@]4(C)CC[C@@H](C(=O)N[C@@H](C(C)C)C(=O)N[C@@H](Cc5cccc(OC(C)=O)c5)C(=O)N5CCC[C@H](N5)C(=O)O1)[C@H](O4)[C@H]3C)[C@H](C)[C@H](O)[C@@H]2C. The maximum atomic E-state index is 14.7. The first-order valence-corrected chi connectivity index (χ1v) is 29.3. The molecule has 4 amide bonds. The molecule has 5 bridgehead atoms. The van der Waals surface area contributed by atoms with Gasteiger partial charge < -0.3 is 44.7 Å². The van der Waals surface area contributed by atoms with Crippen molar-refractivity contribution in [2.75, 3.05) is 6.54 Å². The predicted octanol–water partition coefficient (Wildman–Crippen LogP) is 7.04. The maximum absolute atomic E-state index is 14.7. The van der Waals surface area contributed by atoms with Gasteiger partial charge in [0, 0.05) is 74.7 Å². The minimum absolute atomic E-state index is 0.00297. The van der Waals surface area contributed by atoms with Gasteiger partial charge in [-0.3, -0.25) is 38.6 Å². The molecule has 6 heterocycles. The van der Waals surface area contributed by atoms with Gasteiger partial charge in [-0.05, 0) is 88.0 Å². The number of nitrogens with zero attached hydrogens (tertiary/aromatic N) is 1. The van der Waals surface area contributed by atoms with E-state index in [1.807, 2.05) is 112 Å². The molecule has 440 valence electrons. The molecule has 1 aromatic carbocycles. The van der Waals surface area contributed by atoms with Crippen LogP contribution in [-0.4, -0.2) is 118 Å². The van der Waals surface area contributed by atoms with Crippen LogP contribution in [0, 0.1) is 47.3 Å². The average molecular weight is 1110 g/mol. The van der Waals surface area contributed by atoms with Crippen LogP contribution in [0.4, 0.5) is 0 Å². The number of fused-ring (bicyclic) bond motifs is 4. The largest absolute Gasteiger partial charge is 0.456 e. The highest BCUT2D eigenvalue weighted by atomic mass is 16.7. The Morgan fingerprint density at radius 1 is 0.950 bits per heavy atom. The van der Waals surface area contributed by atoms with E-state index in [4.69, 9.17) is 23.7 Å². The Kier molecular flexibility index (Phi) is 21.0. The van der Waals surface area contributed by atoms with Crippen LogP contribution in [0.2, 0.25) is 0 Å². The smallest absolute Gasteiger partial charge is 0.325 e. The van der Waals surface area contributed by atoms with Gasteiger partial charge in [0.25, 0.3) is 5.91 Å². The number of ether oxygens (including phenoxy) is 5. The van der Waals surface area contributed by atoms with E-state index < -0.39 is 89.8 Å². The molecule has 6 aliphatic rings. The van der Waals surface area contributed by atoms with Crippen molar-refractivity contribution in [3.05, 3.63) is 77.9 Å². The molecule has 0 unspecified atom stereocenters. The number of hydrogen-bond donors (Lipinski definition) is 5. The molecule has 0 aromatic heterocycles. The Bertz CT molecular complexity index is 2550. The van der Waals surface area contributed by atoms with E-state index in [0.717, 1.165) is 12.0 Å². The number of esters is 2. The Morgan fingerprint density at radius 2 is 1.71 bits per heavy atom. The molecule has 7 rings (SSSR count). The Morgan fingerprint density at radius 3 is 2.44 bits per heavy atom. The summed E-state index contributed by atoms with van der Waals surface area (Å²) in [5.41, 5.74) is 3.42. The van der Waals surface area contributed by atoms with Crippen molar-refractivity contribution < 1.29 is 62.4 Å². The highest BCUT2D eigenvalue weighted by Gasteiger charge is 2.57. The average Bonchev–Trinajstić information content (AvgIpc) is 3.57. The van der Waals surface area contributed by atoms with Crippen LogP contribution < -0.4 is 26.1 Å². The fourth-order valence-electron chi connectivity index (χ4n) is 12.5. The first-order valence-electron chi connectivity index (χ1n) is 29.3. The number of rotatable bonds is 13. The van der Waals surface area contributed by atoms with Crippen LogP contribution in [0.15, 0.2) is 72.4 Å². The van der Waals surface area contributed by atoms with Crippen molar-refractivity contribution in [3.8, 4) is 5.75 Å². The molecule has 1 spiro atoms. The van der Waals surface area contributed by atoms with E-state index in [1.54, 1.807) is 24.3 Å². The van der Waals surface area contributed by atoms with Gasteiger partial charge in [-0.1, -0.05) is 110 Å². The topological polar surface area (TPSA) is 237 Å². The number of ketones is 1. The number of nitrogens with one attached hydrogen (secondary N) is 4. The van der Waals surface area contributed by atoms with Crippen LogP contribution in [0.3, 0.4) is 0 Å². The summed E-state index contributed by atoms with van der Waals surface area (Å²) in [5.74, 6) is -5.47. The molecule has 18 nitrogen and oxygen atoms in total. The molecule has 6 aliphatic heterocycles. The molecule has 18 heteroatoms. The number of cyclic esters (lactones) is 1. The van der Waals surface area contributed by atoms with Crippen LogP contribution >= 0.6 is 0 Å². The minimum Gasteiger partial charge on any atom is -0.456 e. The highest BCUT2D eigenvalue weighted by Crippen LogP contribution is 2.47. The molecular formula is C62H89N5O13. The van der Waals surface area contributed by atoms with Crippen LogP contribution in [0.1, 0.15) is 146 Å². The number of amides is 4. The number of carbonyl (C=O) groups excluding carboxylic acids is 7. The van der Waals surface area contributed by atoms with Crippen molar-refractivity contribution >= 4 is 41.4 Å². The molecule has 5 saturated heterocycles. The summed E-state index contributed by atoms with van der Waals surface area (Å²) in [4.78, 5) is 96.4. The standard InChI is InChI=1S/C62H89N5O13/c1-12-44-31-38(6)62(65-56(44)71)41(9)54(70)39(7)52(79-62)34-49(69)36(4)21-15-13-16-22-37(5)50-26-17-14-18-27-51-40(8)55-46(28-29-61(11,78-51)80-55)57(72)64-53(35(2)3)58(73)63-48(33-43-23-19-24-45(32-43)76-42(10)68)59(74)67-30-20-25-47(66-67)60(75)77-50/h13-14,16-19,22-24,27,32,35-36,38-41,44,46-48,50-55,66,70H,12,15,20-21,25-26,28-31,33-34H2,1-11H3,(H,63,73)(H,64,72)(H,65,71)/b16-13+,17-14+,27-18+,37-22+/t36-,38-,39-,40-,41-,44-,46+,47-,48-,50-,51-,52-,53-,54-,55+,61+,62+/m0/s1. The second-order valence-electron chi connectivity index (χ2n) is 24.1. The Labute approximate surface area is 472 Å². The fourth-order valence-corrected chi connectivity index (χ4v) is 12.5. The minimum atomic E-state index is -1.17. The van der Waals surface area contributed by atoms with Crippen molar-refractivity contribution in [2.45, 2.75) is 207 Å². The number of benzene rings is 1. The van der Waals surface area contributed by atoms with Gasteiger partial charge in [-0.15, -0.1) is 0 Å². The third-order valence-corrected chi connectivity index (χ3v) is 17.7. The lowest BCUT2D eigenvalue weighted by Crippen LogP contribution is -2.71. The van der Waals surface area contributed by atoms with E-state index >= 15 is 0 Å². The van der Waals surface area contributed by atoms with Gasteiger partial charge >= 0.3 is 11.9 Å². The summed E-state index contributed by atoms with van der Waals surface area (Å²) in [6, 6.07) is 3.60. The third kappa shape index (κ3) is 14.7. The highest BCUT2D eigenvalue weighted by molar-refractivity contribution is 5.93. The van der Waals surface area contributed by atoms with Gasteiger partial charge in [0.15, 0.2) is 5.79 Å². The summed E-state index contributed by atoms with van der Waals surface area (Å²) in [6.45, 7) is 20.7. The summed E-state index contributed by atoms with van der Waals surface area (Å²) < 4.78 is 31.3. The van der Waals surface area contributed by atoms with Gasteiger partial charge in [0.2, 0.25) is 17.7 Å². The monoisotopic (exact) mass is 1110 g/mol. The lowest BCUT2D eigenvalue weighted by atomic mass is 9.69. The van der Waals surface area contributed by atoms with Crippen molar-refractivity contribution in [2.24, 2.45) is 47.3 Å². The first-order chi connectivity index (χ1) is 37.9. The second-order valence-corrected chi connectivity index (χ2v) is 24.1. The number of carbonyl (C=O) groups is 7. The van der Waals surface area contributed by atoms with Crippen molar-refractivity contribution in [1.29, 1.82) is 0 Å². The lowest BCUT2D eigenvalue weighted by Gasteiger charge is -2.56. The number of allylic oxidation sites excluding steroid dienone is 5. The quantitative estimate of drug-likeness (QED) is 0.0757. The summed E-state index contributed by atoms with van der Waals surface area (Å²) in [7, 11) is 0. The Hall–Kier alpha value is -5.53. The molecule has 17 atom stereocenters. The number of aliphatic hydroxyl groups is 1. The van der Waals surface area contributed by atoms with Gasteiger partial charge in [-0.25, -0.2) is 5.43 Å². The molecule has 1 aromatic rings. The number of Topliss-reactive ketones (excluding diaryl/α,β-unsaturated/α-hetero) is 1. The zero-order chi connectivity index (χ0) is 58.2. The van der Waals surface area contributed by atoms with E-state index in [-0.39, 0.29) is 84.2 Å². The van der Waals surface area contributed by atoms with Crippen LogP contribution in [0.25, 0.3) is 0 Å². The summed E-state index contributed by atoms with van der Waals surface area (Å²) in [5, 5.41) is 21.9. The molecule has 0 aliphatic carbocycles. The molecule has 5 N–H and O–H groups in total. The zero-order valence-corrected chi connectivity index (χ0v) is 48.9. The predicted molar refractivity (Wildman–Crippen MR) is 299 cm³/mol.